The molecule has 1 atom stereocenters. The fraction of sp³-hybridized carbons (Fsp3) is 0.333. The van der Waals surface area contributed by atoms with Gasteiger partial charge in [-0.05, 0) is 24.5 Å². The number of nitrogens with zero attached hydrogens (tertiary/aromatic N) is 1. The molecular formula is C21H23NO4. The molecule has 1 amide bonds. The SMILES string of the molecule is CCOC(=O)[C@]1(Cc2ccccc2)CCN1C(=O)OCc1ccccc1. The summed E-state index contributed by atoms with van der Waals surface area (Å²) < 4.78 is 10.7. The zero-order chi connectivity index (χ0) is 18.4. The Kier molecular flexibility index (Phi) is 5.56. The number of hydrogen-bond acceptors (Lipinski definition) is 4. The second-order valence-electron chi connectivity index (χ2n) is 6.36. The summed E-state index contributed by atoms with van der Waals surface area (Å²) in [7, 11) is 0. The van der Waals surface area contributed by atoms with Gasteiger partial charge in [-0.3, -0.25) is 4.90 Å². The number of carbonyl (C=O) groups excluding carboxylic acids is 2. The van der Waals surface area contributed by atoms with Gasteiger partial charge in [0.05, 0.1) is 6.61 Å². The average Bonchev–Trinajstić information content (AvgIpc) is 2.65. The fourth-order valence-electron chi connectivity index (χ4n) is 3.22. The van der Waals surface area contributed by atoms with Crippen molar-refractivity contribution in [2.45, 2.75) is 31.9 Å². The lowest BCUT2D eigenvalue weighted by Crippen LogP contribution is -2.68. The molecule has 0 aromatic heterocycles. The number of benzene rings is 2. The highest BCUT2D eigenvalue weighted by Crippen LogP contribution is 2.36. The summed E-state index contributed by atoms with van der Waals surface area (Å²) in [5, 5.41) is 0. The molecular weight excluding hydrogens is 330 g/mol. The van der Waals surface area contributed by atoms with Crippen LogP contribution in [-0.4, -0.2) is 35.7 Å². The summed E-state index contributed by atoms with van der Waals surface area (Å²) in [6.07, 6.45) is 0.512. The van der Waals surface area contributed by atoms with Crippen LogP contribution in [0.5, 0.6) is 0 Å². The Balaban J connectivity index is 1.73. The van der Waals surface area contributed by atoms with Gasteiger partial charge < -0.3 is 9.47 Å². The van der Waals surface area contributed by atoms with E-state index >= 15 is 0 Å². The molecule has 0 N–H and O–H groups in total. The van der Waals surface area contributed by atoms with Gasteiger partial charge in [0.2, 0.25) is 0 Å². The quantitative estimate of drug-likeness (QED) is 0.745. The Hall–Kier alpha value is -2.82. The third-order valence-corrected chi connectivity index (χ3v) is 4.69. The fourth-order valence-corrected chi connectivity index (χ4v) is 3.22. The highest BCUT2D eigenvalue weighted by Gasteiger charge is 2.55. The number of ether oxygens (including phenoxy) is 2. The first-order chi connectivity index (χ1) is 12.7. The van der Waals surface area contributed by atoms with Crippen molar-refractivity contribution >= 4 is 12.1 Å². The van der Waals surface area contributed by atoms with Crippen LogP contribution in [0.25, 0.3) is 0 Å². The van der Waals surface area contributed by atoms with Crippen molar-refractivity contribution in [3.63, 3.8) is 0 Å². The minimum absolute atomic E-state index is 0.181. The van der Waals surface area contributed by atoms with Crippen LogP contribution in [0.1, 0.15) is 24.5 Å². The Morgan fingerprint density at radius 1 is 0.962 bits per heavy atom. The molecule has 2 aromatic carbocycles. The van der Waals surface area contributed by atoms with E-state index in [1.165, 1.54) is 4.90 Å². The molecule has 5 heteroatoms. The first-order valence-electron chi connectivity index (χ1n) is 8.85. The number of esters is 1. The zero-order valence-corrected chi connectivity index (χ0v) is 14.9. The number of likely N-dealkylation sites (tertiary alicyclic amines) is 1. The predicted molar refractivity (Wildman–Crippen MR) is 97.5 cm³/mol. The first kappa shape index (κ1) is 18.0. The highest BCUT2D eigenvalue weighted by molar-refractivity contribution is 5.88. The van der Waals surface area contributed by atoms with Gasteiger partial charge in [-0.25, -0.2) is 9.59 Å². The smallest absolute Gasteiger partial charge is 0.411 e. The van der Waals surface area contributed by atoms with Gasteiger partial charge in [-0.1, -0.05) is 60.7 Å². The van der Waals surface area contributed by atoms with Gasteiger partial charge in [0.25, 0.3) is 0 Å². The molecule has 2 aromatic rings. The van der Waals surface area contributed by atoms with E-state index in [1.54, 1.807) is 6.92 Å². The monoisotopic (exact) mass is 353 g/mol. The van der Waals surface area contributed by atoms with Crippen LogP contribution in [0.3, 0.4) is 0 Å². The maximum atomic E-state index is 12.7. The average molecular weight is 353 g/mol. The standard InChI is InChI=1S/C21H23NO4/c1-2-25-19(23)21(15-17-9-5-3-6-10-17)13-14-22(21)20(24)26-16-18-11-7-4-8-12-18/h3-12H,2,13-16H2,1H3/t21-/m1/s1. The number of hydrogen-bond donors (Lipinski definition) is 0. The van der Waals surface area contributed by atoms with Crippen LogP contribution in [-0.2, 0) is 27.3 Å². The lowest BCUT2D eigenvalue weighted by molar-refractivity contribution is -0.165. The highest BCUT2D eigenvalue weighted by atomic mass is 16.6. The molecule has 1 saturated heterocycles. The number of rotatable bonds is 6. The number of carbonyl (C=O) groups is 2. The van der Waals surface area contributed by atoms with E-state index in [2.05, 4.69) is 0 Å². The molecule has 0 unspecified atom stereocenters. The van der Waals surface area contributed by atoms with Crippen molar-refractivity contribution < 1.29 is 19.1 Å². The van der Waals surface area contributed by atoms with Crippen LogP contribution < -0.4 is 0 Å². The van der Waals surface area contributed by atoms with E-state index < -0.39 is 11.6 Å². The topological polar surface area (TPSA) is 55.8 Å². The van der Waals surface area contributed by atoms with Crippen LogP contribution in [0.15, 0.2) is 60.7 Å². The second kappa shape index (κ2) is 8.04. The molecule has 0 bridgehead atoms. The van der Waals surface area contributed by atoms with Crippen LogP contribution >= 0.6 is 0 Å². The first-order valence-corrected chi connectivity index (χ1v) is 8.85. The van der Waals surface area contributed by atoms with Gasteiger partial charge >= 0.3 is 12.1 Å². The van der Waals surface area contributed by atoms with Crippen molar-refractivity contribution in [1.82, 2.24) is 4.90 Å². The Morgan fingerprint density at radius 3 is 2.12 bits per heavy atom. The molecule has 3 rings (SSSR count). The Bertz CT molecular complexity index is 747. The van der Waals surface area contributed by atoms with Crippen molar-refractivity contribution in [3.8, 4) is 0 Å². The predicted octanol–water partition coefficient (Wildman–Crippen LogP) is 3.57. The number of amides is 1. The largest absolute Gasteiger partial charge is 0.464 e. The molecule has 136 valence electrons. The normalized spacial score (nSPS) is 18.7. The van der Waals surface area contributed by atoms with Crippen molar-refractivity contribution in [1.29, 1.82) is 0 Å². The summed E-state index contributed by atoms with van der Waals surface area (Å²) >= 11 is 0. The molecule has 26 heavy (non-hydrogen) atoms. The van der Waals surface area contributed by atoms with Crippen LogP contribution in [0, 0.1) is 0 Å². The summed E-state index contributed by atoms with van der Waals surface area (Å²) in [4.78, 5) is 26.8. The molecule has 0 spiro atoms. The Labute approximate surface area is 153 Å². The molecule has 1 aliphatic rings. The van der Waals surface area contributed by atoms with E-state index in [9.17, 15) is 9.59 Å². The van der Waals surface area contributed by atoms with Crippen LogP contribution in [0.2, 0.25) is 0 Å². The van der Waals surface area contributed by atoms with Gasteiger partial charge in [-0.15, -0.1) is 0 Å². The molecule has 0 radical (unpaired) electrons. The second-order valence-corrected chi connectivity index (χ2v) is 6.36. The van der Waals surface area contributed by atoms with Gasteiger partial charge in [0.1, 0.15) is 12.1 Å². The minimum atomic E-state index is -0.981. The molecule has 1 heterocycles. The zero-order valence-electron chi connectivity index (χ0n) is 14.9. The molecule has 5 nitrogen and oxygen atoms in total. The molecule has 1 aliphatic heterocycles. The minimum Gasteiger partial charge on any atom is -0.464 e. The van der Waals surface area contributed by atoms with Crippen molar-refractivity contribution in [3.05, 3.63) is 71.8 Å². The maximum Gasteiger partial charge on any atom is 0.411 e. The van der Waals surface area contributed by atoms with E-state index in [0.717, 1.165) is 11.1 Å². The lowest BCUT2D eigenvalue weighted by atomic mass is 9.79. The third-order valence-electron chi connectivity index (χ3n) is 4.69. The summed E-state index contributed by atoms with van der Waals surface area (Å²) in [6.45, 7) is 2.72. The van der Waals surface area contributed by atoms with E-state index in [-0.39, 0.29) is 19.2 Å². The van der Waals surface area contributed by atoms with Crippen molar-refractivity contribution in [2.24, 2.45) is 0 Å². The lowest BCUT2D eigenvalue weighted by Gasteiger charge is -2.49. The summed E-state index contributed by atoms with van der Waals surface area (Å²) in [5.74, 6) is -0.369. The van der Waals surface area contributed by atoms with Gasteiger partial charge in [0.15, 0.2) is 0 Å². The third kappa shape index (κ3) is 3.72. The Morgan fingerprint density at radius 2 is 1.58 bits per heavy atom. The van der Waals surface area contributed by atoms with Gasteiger partial charge in [-0.2, -0.15) is 0 Å². The molecule has 1 fully saturated rings. The summed E-state index contributed by atoms with van der Waals surface area (Å²) in [5.41, 5.74) is 0.915. The van der Waals surface area contributed by atoms with E-state index in [4.69, 9.17) is 9.47 Å². The maximum absolute atomic E-state index is 12.7. The van der Waals surface area contributed by atoms with E-state index in [1.807, 2.05) is 60.7 Å². The molecule has 0 saturated carbocycles. The van der Waals surface area contributed by atoms with Crippen molar-refractivity contribution in [2.75, 3.05) is 13.2 Å². The molecule has 0 aliphatic carbocycles. The van der Waals surface area contributed by atoms with Crippen LogP contribution in [0.4, 0.5) is 4.79 Å². The van der Waals surface area contributed by atoms with E-state index in [0.29, 0.717) is 19.4 Å². The summed E-state index contributed by atoms with van der Waals surface area (Å²) in [6, 6.07) is 19.2. The van der Waals surface area contributed by atoms with Gasteiger partial charge in [0, 0.05) is 13.0 Å².